The minimum Gasteiger partial charge on any atom is -0.493 e. The summed E-state index contributed by atoms with van der Waals surface area (Å²) in [6.07, 6.45) is 0.899. The number of aromatic nitrogens is 1. The minimum atomic E-state index is -4.27. The van der Waals surface area contributed by atoms with Crippen molar-refractivity contribution in [2.45, 2.75) is 31.6 Å². The van der Waals surface area contributed by atoms with Gasteiger partial charge in [0.1, 0.15) is 11.5 Å². The molecule has 1 heterocycles. The van der Waals surface area contributed by atoms with E-state index in [1.165, 1.54) is 0 Å². The zero-order valence-corrected chi connectivity index (χ0v) is 23.2. The van der Waals surface area contributed by atoms with E-state index in [4.69, 9.17) is 9.15 Å². The molecule has 0 saturated carbocycles. The molecular formula is C28H28N4O8S. The molecule has 0 radical (unpaired) electrons. The van der Waals surface area contributed by atoms with Gasteiger partial charge in [0.25, 0.3) is 11.4 Å². The molecule has 0 atom stereocenters. The number of benzene rings is 3. The molecule has 0 amide bonds. The lowest BCUT2D eigenvalue weighted by molar-refractivity contribution is -0.396. The summed E-state index contributed by atoms with van der Waals surface area (Å²) in [4.78, 5) is 24.7. The third kappa shape index (κ3) is 6.94. The molecule has 41 heavy (non-hydrogen) atoms. The highest BCUT2D eigenvalue weighted by Gasteiger charge is 2.32. The number of nitro groups is 2. The van der Waals surface area contributed by atoms with Crippen molar-refractivity contribution in [3.63, 3.8) is 0 Å². The smallest absolute Gasteiger partial charge is 0.296 e. The van der Waals surface area contributed by atoms with Crippen molar-refractivity contribution in [2.24, 2.45) is 0 Å². The average Bonchev–Trinajstić information content (AvgIpc) is 3.34. The lowest BCUT2D eigenvalue weighted by atomic mass is 10.1. The van der Waals surface area contributed by atoms with Crippen molar-refractivity contribution in [1.29, 1.82) is 0 Å². The first-order valence-electron chi connectivity index (χ1n) is 12.8. The van der Waals surface area contributed by atoms with Gasteiger partial charge in [-0.1, -0.05) is 37.3 Å². The lowest BCUT2D eigenvalue weighted by Crippen LogP contribution is -2.33. The van der Waals surface area contributed by atoms with E-state index in [0.717, 1.165) is 39.0 Å². The summed E-state index contributed by atoms with van der Waals surface area (Å²) < 4.78 is 39.2. The molecule has 3 aromatic carbocycles. The Morgan fingerprint density at radius 1 is 0.951 bits per heavy atom. The van der Waals surface area contributed by atoms with Gasteiger partial charge < -0.3 is 9.15 Å². The van der Waals surface area contributed by atoms with Crippen molar-refractivity contribution in [1.82, 2.24) is 9.29 Å². The Morgan fingerprint density at radius 3 is 2.29 bits per heavy atom. The van der Waals surface area contributed by atoms with Crippen LogP contribution in [0.15, 0.2) is 82.1 Å². The molecule has 0 bridgehead atoms. The van der Waals surface area contributed by atoms with Gasteiger partial charge in [0, 0.05) is 31.1 Å². The number of ether oxygens (including phenoxy) is 1. The molecule has 0 spiro atoms. The molecule has 214 valence electrons. The van der Waals surface area contributed by atoms with Crippen LogP contribution in [0.3, 0.4) is 0 Å². The summed E-state index contributed by atoms with van der Waals surface area (Å²) in [5.41, 5.74) is 1.16. The Hall–Kier alpha value is -4.62. The number of nitro benzene ring substituents is 2. The SMILES string of the molecule is CCN(CCc1ccc(OCCc2nc(-c3ccccc3)oc2C)cc1)S(=O)(=O)c1ccc([N+](=O)[O-])cc1[N+](=O)[O-]. The van der Waals surface area contributed by atoms with Crippen LogP contribution in [0.5, 0.6) is 5.75 Å². The van der Waals surface area contributed by atoms with Crippen LogP contribution in [0.1, 0.15) is 23.9 Å². The number of aryl methyl sites for hydroxylation is 1. The lowest BCUT2D eigenvalue weighted by Gasteiger charge is -2.20. The fraction of sp³-hybridized carbons (Fsp3) is 0.250. The van der Waals surface area contributed by atoms with E-state index in [9.17, 15) is 28.6 Å². The Morgan fingerprint density at radius 2 is 1.66 bits per heavy atom. The molecule has 1 aromatic heterocycles. The summed E-state index contributed by atoms with van der Waals surface area (Å²) in [7, 11) is -4.27. The van der Waals surface area contributed by atoms with Crippen LogP contribution in [0.25, 0.3) is 11.5 Å². The van der Waals surface area contributed by atoms with Gasteiger partial charge in [-0.25, -0.2) is 13.4 Å². The van der Waals surface area contributed by atoms with Gasteiger partial charge in [-0.2, -0.15) is 4.31 Å². The number of hydrogen-bond donors (Lipinski definition) is 0. The second-order valence-electron chi connectivity index (χ2n) is 9.04. The fourth-order valence-corrected chi connectivity index (χ4v) is 5.79. The molecule has 0 fully saturated rings. The second-order valence-corrected chi connectivity index (χ2v) is 10.9. The molecule has 12 nitrogen and oxygen atoms in total. The maximum atomic E-state index is 13.2. The van der Waals surface area contributed by atoms with Crippen LogP contribution in [0.2, 0.25) is 0 Å². The number of rotatable bonds is 13. The van der Waals surface area contributed by atoms with E-state index < -0.39 is 36.1 Å². The standard InChI is InChI=1S/C28H28N4O8S/c1-3-30(41(37,38)27-14-11-23(31(33)34)19-26(27)32(35)36)17-15-21-9-12-24(13-10-21)39-18-16-25-20(2)40-28(29-25)22-7-5-4-6-8-22/h4-14,19H,3,15-18H2,1-2H3. The molecular weight excluding hydrogens is 552 g/mol. The van der Waals surface area contributed by atoms with Gasteiger partial charge >= 0.3 is 0 Å². The zero-order valence-electron chi connectivity index (χ0n) is 22.4. The van der Waals surface area contributed by atoms with Crippen molar-refractivity contribution < 1.29 is 27.4 Å². The Bertz CT molecular complexity index is 1640. The van der Waals surface area contributed by atoms with Gasteiger partial charge in [-0.05, 0) is 49.2 Å². The highest BCUT2D eigenvalue weighted by molar-refractivity contribution is 7.89. The monoisotopic (exact) mass is 580 g/mol. The van der Waals surface area contributed by atoms with Crippen molar-refractivity contribution in [3.05, 3.63) is 110 Å². The first-order valence-corrected chi connectivity index (χ1v) is 14.2. The van der Waals surface area contributed by atoms with E-state index in [0.29, 0.717) is 37.2 Å². The average molecular weight is 581 g/mol. The molecule has 0 unspecified atom stereocenters. The molecule has 0 N–H and O–H groups in total. The van der Waals surface area contributed by atoms with E-state index in [1.54, 1.807) is 19.1 Å². The van der Waals surface area contributed by atoms with Gasteiger partial charge in [-0.3, -0.25) is 20.2 Å². The van der Waals surface area contributed by atoms with Crippen LogP contribution < -0.4 is 4.74 Å². The summed E-state index contributed by atoms with van der Waals surface area (Å²) in [6, 6.07) is 19.3. The number of sulfonamides is 1. The first kappa shape index (κ1) is 29.4. The summed E-state index contributed by atoms with van der Waals surface area (Å²) >= 11 is 0. The maximum Gasteiger partial charge on any atom is 0.296 e. The third-order valence-electron chi connectivity index (χ3n) is 6.41. The number of hydrogen-bond acceptors (Lipinski definition) is 9. The molecule has 0 aliphatic heterocycles. The van der Waals surface area contributed by atoms with Gasteiger partial charge in [-0.15, -0.1) is 0 Å². The van der Waals surface area contributed by atoms with Gasteiger partial charge in [0.2, 0.25) is 15.9 Å². The number of nitrogens with zero attached hydrogens (tertiary/aromatic N) is 4. The van der Waals surface area contributed by atoms with Crippen molar-refractivity contribution in [3.8, 4) is 17.2 Å². The van der Waals surface area contributed by atoms with Crippen LogP contribution in [0.4, 0.5) is 11.4 Å². The Kier molecular flexibility index (Phi) is 9.10. The Balaban J connectivity index is 1.35. The van der Waals surface area contributed by atoms with E-state index in [-0.39, 0.29) is 13.1 Å². The predicted molar refractivity (Wildman–Crippen MR) is 150 cm³/mol. The van der Waals surface area contributed by atoms with Crippen LogP contribution >= 0.6 is 0 Å². The Labute approximate surface area is 236 Å². The van der Waals surface area contributed by atoms with Gasteiger partial charge in [0.05, 0.1) is 28.2 Å². The molecule has 13 heteroatoms. The molecule has 0 aliphatic rings. The summed E-state index contributed by atoms with van der Waals surface area (Å²) in [5, 5.41) is 22.5. The van der Waals surface area contributed by atoms with Crippen LogP contribution in [-0.4, -0.2) is 47.3 Å². The zero-order chi connectivity index (χ0) is 29.6. The molecule has 0 aliphatic carbocycles. The number of oxazole rings is 1. The highest BCUT2D eigenvalue weighted by atomic mass is 32.2. The van der Waals surface area contributed by atoms with Crippen molar-refractivity contribution >= 4 is 21.4 Å². The van der Waals surface area contributed by atoms with Crippen LogP contribution in [0, 0.1) is 27.2 Å². The third-order valence-corrected chi connectivity index (χ3v) is 8.44. The van der Waals surface area contributed by atoms with E-state index >= 15 is 0 Å². The maximum absolute atomic E-state index is 13.2. The van der Waals surface area contributed by atoms with E-state index in [1.807, 2.05) is 49.4 Å². The fourth-order valence-electron chi connectivity index (χ4n) is 4.20. The van der Waals surface area contributed by atoms with Gasteiger partial charge in [0.15, 0.2) is 4.90 Å². The largest absolute Gasteiger partial charge is 0.493 e. The minimum absolute atomic E-state index is 0.0579. The number of non-ortho nitro benzene ring substituents is 1. The summed E-state index contributed by atoms with van der Waals surface area (Å²) in [6.45, 7) is 3.98. The van der Waals surface area contributed by atoms with Crippen molar-refractivity contribution in [2.75, 3.05) is 19.7 Å². The van der Waals surface area contributed by atoms with E-state index in [2.05, 4.69) is 4.98 Å². The quantitative estimate of drug-likeness (QED) is 0.150. The topological polar surface area (TPSA) is 159 Å². The molecule has 0 saturated heterocycles. The molecule has 4 rings (SSSR count). The van der Waals surface area contributed by atoms with Crippen LogP contribution in [-0.2, 0) is 22.9 Å². The predicted octanol–water partition coefficient (Wildman–Crippen LogP) is 5.34. The molecule has 4 aromatic rings. The highest BCUT2D eigenvalue weighted by Crippen LogP contribution is 2.30. The summed E-state index contributed by atoms with van der Waals surface area (Å²) in [5.74, 6) is 1.94. The second kappa shape index (κ2) is 12.7. The normalized spacial score (nSPS) is 11.5. The number of likely N-dealkylation sites (N-methyl/N-ethyl adjacent to an activating group) is 1. The first-order chi connectivity index (χ1) is 19.6.